The summed E-state index contributed by atoms with van der Waals surface area (Å²) in [4.78, 5) is 9.19. The monoisotopic (exact) mass is 376 g/mol. The number of para-hydroxylation sites is 1. The van der Waals surface area contributed by atoms with Crippen LogP contribution in [0, 0.1) is 5.82 Å². The molecule has 4 nitrogen and oxygen atoms in total. The molecule has 0 radical (unpaired) electrons. The molecule has 0 amide bonds. The van der Waals surface area contributed by atoms with E-state index in [1.165, 1.54) is 12.3 Å². The lowest BCUT2D eigenvalue weighted by atomic mass is 10.2. The quantitative estimate of drug-likeness (QED) is 0.376. The van der Waals surface area contributed by atoms with E-state index in [1.807, 2.05) is 36.4 Å². The molecular formula is C21H14ClFN4. The maximum absolute atomic E-state index is 13.7. The highest BCUT2D eigenvalue weighted by Crippen LogP contribution is 2.25. The second kappa shape index (κ2) is 7.51. The molecule has 6 heteroatoms. The average molecular weight is 377 g/mol. The highest BCUT2D eigenvalue weighted by molar-refractivity contribution is 6.30. The zero-order valence-corrected chi connectivity index (χ0v) is 14.9. The largest absolute Gasteiger partial charge is 0.261 e. The summed E-state index contributed by atoms with van der Waals surface area (Å²) in [5.41, 5.74) is 4.92. The highest BCUT2D eigenvalue weighted by Gasteiger charge is 2.09. The van der Waals surface area contributed by atoms with Crippen LogP contribution in [-0.4, -0.2) is 16.2 Å². The van der Waals surface area contributed by atoms with Crippen LogP contribution in [0.5, 0.6) is 0 Å². The number of aromatic nitrogens is 2. The van der Waals surface area contributed by atoms with Crippen LogP contribution in [-0.2, 0) is 0 Å². The third-order valence-corrected chi connectivity index (χ3v) is 4.24. The number of hydrogen-bond donors (Lipinski definition) is 1. The molecule has 0 aliphatic heterocycles. The van der Waals surface area contributed by atoms with Gasteiger partial charge in [-0.2, -0.15) is 5.10 Å². The van der Waals surface area contributed by atoms with Gasteiger partial charge in [0.1, 0.15) is 5.82 Å². The van der Waals surface area contributed by atoms with Gasteiger partial charge in [0.25, 0.3) is 0 Å². The summed E-state index contributed by atoms with van der Waals surface area (Å²) in [5.74, 6) is 0.754. The van der Waals surface area contributed by atoms with Crippen LogP contribution in [0.25, 0.3) is 22.3 Å². The molecule has 0 aliphatic rings. The van der Waals surface area contributed by atoms with Gasteiger partial charge in [0.15, 0.2) is 11.6 Å². The molecule has 0 aliphatic carbocycles. The van der Waals surface area contributed by atoms with E-state index in [9.17, 15) is 4.39 Å². The minimum absolute atomic E-state index is 0.336. The number of hydrazone groups is 1. The Morgan fingerprint density at radius 2 is 1.63 bits per heavy atom. The van der Waals surface area contributed by atoms with E-state index >= 15 is 0 Å². The Kier molecular flexibility index (Phi) is 4.77. The molecule has 0 unspecified atom stereocenters. The van der Waals surface area contributed by atoms with Crippen molar-refractivity contribution in [3.05, 3.63) is 89.2 Å². The van der Waals surface area contributed by atoms with Crippen LogP contribution in [0.1, 0.15) is 5.56 Å². The third-order valence-electron chi connectivity index (χ3n) is 3.98. The van der Waals surface area contributed by atoms with Crippen LogP contribution >= 0.6 is 11.6 Å². The van der Waals surface area contributed by atoms with E-state index in [0.29, 0.717) is 22.2 Å². The van der Waals surface area contributed by atoms with E-state index < -0.39 is 0 Å². The van der Waals surface area contributed by atoms with Crippen molar-refractivity contribution < 1.29 is 4.39 Å². The predicted octanol–water partition coefficient (Wildman–Crippen LogP) is 5.54. The molecule has 0 atom stereocenters. The van der Waals surface area contributed by atoms with Crippen molar-refractivity contribution in [3.63, 3.8) is 0 Å². The summed E-state index contributed by atoms with van der Waals surface area (Å²) in [5, 5.41) is 5.61. The molecule has 0 bridgehead atoms. The Hall–Kier alpha value is -3.31. The highest BCUT2D eigenvalue weighted by atomic mass is 35.5. The number of halogens is 2. The summed E-state index contributed by atoms with van der Waals surface area (Å²) in [6.07, 6.45) is 1.42. The van der Waals surface area contributed by atoms with Crippen LogP contribution < -0.4 is 5.43 Å². The van der Waals surface area contributed by atoms with E-state index in [0.717, 1.165) is 16.5 Å². The SMILES string of the molecule is Fc1ccccc1/C=N/Nc1nc(-c2ccc(Cl)cc2)nc2ccccc12. The molecule has 4 aromatic rings. The first kappa shape index (κ1) is 17.1. The van der Waals surface area contributed by atoms with Crippen LogP contribution in [0.15, 0.2) is 77.9 Å². The maximum Gasteiger partial charge on any atom is 0.162 e. The van der Waals surface area contributed by atoms with E-state index in [4.69, 9.17) is 11.6 Å². The average Bonchev–Trinajstić information content (AvgIpc) is 2.70. The molecular weight excluding hydrogens is 363 g/mol. The molecule has 0 spiro atoms. The first-order valence-electron chi connectivity index (χ1n) is 8.27. The molecule has 1 heterocycles. The number of nitrogens with one attached hydrogen (secondary N) is 1. The summed E-state index contributed by atoms with van der Waals surface area (Å²) in [7, 11) is 0. The van der Waals surface area contributed by atoms with Crippen molar-refractivity contribution in [3.8, 4) is 11.4 Å². The predicted molar refractivity (Wildman–Crippen MR) is 108 cm³/mol. The molecule has 0 fully saturated rings. The Morgan fingerprint density at radius 1 is 0.889 bits per heavy atom. The molecule has 4 rings (SSSR count). The Morgan fingerprint density at radius 3 is 2.44 bits per heavy atom. The minimum Gasteiger partial charge on any atom is -0.261 e. The summed E-state index contributed by atoms with van der Waals surface area (Å²) < 4.78 is 13.7. The Bertz CT molecular complexity index is 1130. The Labute approximate surface area is 160 Å². The molecule has 0 saturated heterocycles. The van der Waals surface area contributed by atoms with Crippen LogP contribution in [0.4, 0.5) is 10.2 Å². The number of fused-ring (bicyclic) bond motifs is 1. The fourth-order valence-electron chi connectivity index (χ4n) is 2.63. The Balaban J connectivity index is 1.72. The van der Waals surface area contributed by atoms with Crippen molar-refractivity contribution in [2.45, 2.75) is 0 Å². The van der Waals surface area contributed by atoms with Gasteiger partial charge >= 0.3 is 0 Å². The standard InChI is InChI=1S/C21H14ClFN4/c22-16-11-9-14(10-12-16)20-25-19-8-4-2-6-17(19)21(26-20)27-24-13-15-5-1-3-7-18(15)23/h1-13H,(H,25,26,27)/b24-13+. The van der Waals surface area contributed by atoms with Crippen molar-refractivity contribution in [2.24, 2.45) is 5.10 Å². The lowest BCUT2D eigenvalue weighted by Crippen LogP contribution is -1.99. The number of rotatable bonds is 4. The van der Waals surface area contributed by atoms with E-state index in [-0.39, 0.29) is 5.82 Å². The number of benzene rings is 3. The normalized spacial score (nSPS) is 11.2. The second-order valence-electron chi connectivity index (χ2n) is 5.81. The van der Waals surface area contributed by atoms with Gasteiger partial charge < -0.3 is 0 Å². The van der Waals surface area contributed by atoms with Gasteiger partial charge in [-0.25, -0.2) is 14.4 Å². The van der Waals surface area contributed by atoms with Gasteiger partial charge in [0.2, 0.25) is 0 Å². The molecule has 27 heavy (non-hydrogen) atoms. The summed E-state index contributed by atoms with van der Waals surface area (Å²) in [6.45, 7) is 0. The van der Waals surface area contributed by atoms with Gasteiger partial charge in [-0.15, -0.1) is 0 Å². The van der Waals surface area contributed by atoms with Crippen molar-refractivity contribution in [1.82, 2.24) is 9.97 Å². The van der Waals surface area contributed by atoms with Crippen molar-refractivity contribution in [2.75, 3.05) is 5.43 Å². The molecule has 0 saturated carbocycles. The molecule has 3 aromatic carbocycles. The second-order valence-corrected chi connectivity index (χ2v) is 6.25. The minimum atomic E-state index is -0.336. The molecule has 1 aromatic heterocycles. The third kappa shape index (κ3) is 3.78. The zero-order chi connectivity index (χ0) is 18.6. The van der Waals surface area contributed by atoms with Crippen LogP contribution in [0.2, 0.25) is 5.02 Å². The van der Waals surface area contributed by atoms with Crippen molar-refractivity contribution >= 4 is 34.5 Å². The molecule has 1 N–H and O–H groups in total. The summed E-state index contributed by atoms with van der Waals surface area (Å²) >= 11 is 5.96. The van der Waals surface area contributed by atoms with Gasteiger partial charge in [-0.05, 0) is 42.5 Å². The lowest BCUT2D eigenvalue weighted by Gasteiger charge is -2.08. The fourth-order valence-corrected chi connectivity index (χ4v) is 2.76. The summed E-state index contributed by atoms with van der Waals surface area (Å²) in [6, 6.07) is 21.4. The smallest absolute Gasteiger partial charge is 0.162 e. The maximum atomic E-state index is 13.7. The van der Waals surface area contributed by atoms with Gasteiger partial charge in [0, 0.05) is 21.5 Å². The van der Waals surface area contributed by atoms with Gasteiger partial charge in [0.05, 0.1) is 11.7 Å². The van der Waals surface area contributed by atoms with E-state index in [1.54, 1.807) is 30.3 Å². The first-order chi connectivity index (χ1) is 13.2. The first-order valence-corrected chi connectivity index (χ1v) is 8.65. The lowest BCUT2D eigenvalue weighted by molar-refractivity contribution is 0.626. The van der Waals surface area contributed by atoms with Gasteiger partial charge in [-0.3, -0.25) is 5.43 Å². The number of anilines is 1. The van der Waals surface area contributed by atoms with Crippen molar-refractivity contribution in [1.29, 1.82) is 0 Å². The molecule has 132 valence electrons. The zero-order valence-electron chi connectivity index (χ0n) is 14.1. The number of hydrogen-bond acceptors (Lipinski definition) is 4. The fraction of sp³-hybridized carbons (Fsp3) is 0. The van der Waals surface area contributed by atoms with Crippen LogP contribution in [0.3, 0.4) is 0 Å². The number of nitrogens with zero attached hydrogens (tertiary/aromatic N) is 3. The van der Waals surface area contributed by atoms with E-state index in [2.05, 4.69) is 20.5 Å². The van der Waals surface area contributed by atoms with Gasteiger partial charge in [-0.1, -0.05) is 41.9 Å². The topological polar surface area (TPSA) is 50.2 Å².